The Hall–Kier alpha value is -2.50. The Morgan fingerprint density at radius 2 is 1.90 bits per heavy atom. The summed E-state index contributed by atoms with van der Waals surface area (Å²) in [5, 5.41) is 22.9. The van der Waals surface area contributed by atoms with Crippen molar-refractivity contribution in [3.05, 3.63) is 30.3 Å². The lowest BCUT2D eigenvalue weighted by Crippen LogP contribution is -2.51. The maximum absolute atomic E-state index is 9.79. The van der Waals surface area contributed by atoms with Gasteiger partial charge in [-0.1, -0.05) is 0 Å². The second-order valence-electron chi connectivity index (χ2n) is 5.82. The van der Waals surface area contributed by atoms with Gasteiger partial charge in [-0.2, -0.15) is 0 Å². The number of hydrogen-bond donors (Lipinski definition) is 4. The van der Waals surface area contributed by atoms with Crippen LogP contribution >= 0.6 is 0 Å². The quantitative estimate of drug-likeness (QED) is 0.636. The van der Waals surface area contributed by atoms with Gasteiger partial charge in [-0.15, -0.1) is 0 Å². The van der Waals surface area contributed by atoms with Crippen LogP contribution in [0.4, 0.5) is 11.4 Å². The minimum Gasteiger partial charge on any atom is -0.494 e. The molecule has 1 unspecified atom stereocenters. The van der Waals surface area contributed by atoms with Crippen molar-refractivity contribution in [2.75, 3.05) is 11.1 Å². The molecule has 2 heterocycles. The second-order valence-corrected chi connectivity index (χ2v) is 5.82. The van der Waals surface area contributed by atoms with E-state index in [1.165, 1.54) is 16.7 Å². The zero-order valence-corrected chi connectivity index (χ0v) is 12.0. The van der Waals surface area contributed by atoms with E-state index in [-0.39, 0.29) is 17.8 Å². The van der Waals surface area contributed by atoms with E-state index >= 15 is 0 Å². The van der Waals surface area contributed by atoms with Crippen LogP contribution in [0.25, 0.3) is 0 Å². The lowest BCUT2D eigenvalue weighted by atomic mass is 9.95. The fourth-order valence-corrected chi connectivity index (χ4v) is 2.55. The number of ether oxygens (including phenoxy) is 1. The summed E-state index contributed by atoms with van der Waals surface area (Å²) in [7, 11) is 0. The van der Waals surface area contributed by atoms with Crippen LogP contribution < -0.4 is 15.8 Å². The molecule has 3 rings (SSSR count). The number of nitrogens with one attached hydrogen (secondary N) is 1. The molecule has 112 valence electrons. The first-order chi connectivity index (χ1) is 9.87. The third-order valence-electron chi connectivity index (χ3n) is 3.85. The van der Waals surface area contributed by atoms with E-state index in [4.69, 9.17) is 10.5 Å². The van der Waals surface area contributed by atoms with Gasteiger partial charge >= 0.3 is 0 Å². The van der Waals surface area contributed by atoms with Crippen molar-refractivity contribution in [3.8, 4) is 17.5 Å². The molecule has 0 aliphatic carbocycles. The third kappa shape index (κ3) is 2.33. The number of nitrogens with two attached hydrogens (primary N) is 1. The van der Waals surface area contributed by atoms with Crippen molar-refractivity contribution in [1.82, 2.24) is 4.57 Å². The van der Waals surface area contributed by atoms with Gasteiger partial charge in [-0.3, -0.25) is 4.57 Å². The molecule has 0 fully saturated rings. The molecule has 0 bridgehead atoms. The van der Waals surface area contributed by atoms with Crippen LogP contribution in [0.1, 0.15) is 13.8 Å². The Labute approximate surface area is 122 Å². The fourth-order valence-electron chi connectivity index (χ4n) is 2.55. The first-order valence-electron chi connectivity index (χ1n) is 6.79. The van der Waals surface area contributed by atoms with Crippen LogP contribution in [0.15, 0.2) is 30.3 Å². The number of aromatic hydroxyl groups is 2. The highest BCUT2D eigenvalue weighted by atomic mass is 16.5. The summed E-state index contributed by atoms with van der Waals surface area (Å²) in [5.74, 6) is 0.776. The van der Waals surface area contributed by atoms with Gasteiger partial charge in [0.15, 0.2) is 11.8 Å². The number of aromatic nitrogens is 1. The van der Waals surface area contributed by atoms with Crippen molar-refractivity contribution in [1.29, 1.82) is 0 Å². The molecule has 21 heavy (non-hydrogen) atoms. The fraction of sp³-hybridized carbons (Fsp3) is 0.333. The first kappa shape index (κ1) is 13.5. The number of fused-ring (bicyclic) bond motifs is 1. The molecule has 5 N–H and O–H groups in total. The Morgan fingerprint density at radius 1 is 1.24 bits per heavy atom. The van der Waals surface area contributed by atoms with E-state index < -0.39 is 5.60 Å². The average molecular weight is 289 g/mol. The molecule has 1 aromatic heterocycles. The largest absolute Gasteiger partial charge is 0.494 e. The molecule has 1 atom stereocenters. The minimum absolute atomic E-state index is 0.0171. The van der Waals surface area contributed by atoms with Gasteiger partial charge in [-0.05, 0) is 32.0 Å². The Kier molecular flexibility index (Phi) is 2.90. The second kappa shape index (κ2) is 4.51. The van der Waals surface area contributed by atoms with Crippen LogP contribution in [-0.4, -0.2) is 26.4 Å². The standard InChI is InChI=1S/C15H19N3O3/c1-15(2)12(8-18-13(19)5-6-14(18)20)17-10-7-9(16)3-4-11(10)21-15/h3-7,12,17,19-20H,8,16H2,1-2H3. The zero-order valence-electron chi connectivity index (χ0n) is 12.0. The first-order valence-corrected chi connectivity index (χ1v) is 6.79. The van der Waals surface area contributed by atoms with Gasteiger partial charge in [0.25, 0.3) is 0 Å². The molecular weight excluding hydrogens is 270 g/mol. The third-order valence-corrected chi connectivity index (χ3v) is 3.85. The summed E-state index contributed by atoms with van der Waals surface area (Å²) in [4.78, 5) is 0. The van der Waals surface area contributed by atoms with Crippen LogP contribution in [0, 0.1) is 0 Å². The van der Waals surface area contributed by atoms with Crippen LogP contribution in [0.5, 0.6) is 17.5 Å². The predicted molar refractivity (Wildman–Crippen MR) is 80.7 cm³/mol. The van der Waals surface area contributed by atoms with Gasteiger partial charge in [0, 0.05) is 17.8 Å². The maximum Gasteiger partial charge on any atom is 0.193 e. The topological polar surface area (TPSA) is 92.7 Å². The van der Waals surface area contributed by atoms with Gasteiger partial charge in [0.2, 0.25) is 0 Å². The molecule has 0 saturated heterocycles. The summed E-state index contributed by atoms with van der Waals surface area (Å²) < 4.78 is 7.45. The average Bonchev–Trinajstić information content (AvgIpc) is 2.71. The van der Waals surface area contributed by atoms with E-state index in [2.05, 4.69) is 5.32 Å². The number of nitrogens with zero attached hydrogens (tertiary/aromatic N) is 1. The normalized spacial score (nSPS) is 19.4. The molecule has 6 heteroatoms. The molecule has 1 aromatic carbocycles. The molecule has 0 radical (unpaired) electrons. The zero-order chi connectivity index (χ0) is 15.2. The van der Waals surface area contributed by atoms with E-state index in [0.717, 1.165) is 11.4 Å². The Bertz CT molecular complexity index is 659. The van der Waals surface area contributed by atoms with Crippen molar-refractivity contribution < 1.29 is 14.9 Å². The highest BCUT2D eigenvalue weighted by molar-refractivity contribution is 5.65. The SMILES string of the molecule is CC1(C)Oc2ccc(N)cc2NC1Cn1c(O)ccc1O. The molecule has 2 aromatic rings. The number of rotatable bonds is 2. The summed E-state index contributed by atoms with van der Waals surface area (Å²) in [6.07, 6.45) is 0. The lowest BCUT2D eigenvalue weighted by Gasteiger charge is -2.41. The predicted octanol–water partition coefficient (Wildman–Crippen LogP) is 2.13. The monoisotopic (exact) mass is 289 g/mol. The Balaban J connectivity index is 1.92. The highest BCUT2D eigenvalue weighted by Crippen LogP contribution is 2.38. The van der Waals surface area contributed by atoms with Crippen LogP contribution in [-0.2, 0) is 6.54 Å². The number of hydrogen-bond acceptors (Lipinski definition) is 5. The number of anilines is 2. The van der Waals surface area contributed by atoms with Crippen LogP contribution in [0.2, 0.25) is 0 Å². The summed E-state index contributed by atoms with van der Waals surface area (Å²) in [6, 6.07) is 8.21. The van der Waals surface area contributed by atoms with Gasteiger partial charge in [-0.25, -0.2) is 0 Å². The summed E-state index contributed by atoms with van der Waals surface area (Å²) >= 11 is 0. The minimum atomic E-state index is -0.508. The van der Waals surface area contributed by atoms with Gasteiger partial charge in [0.1, 0.15) is 11.4 Å². The molecule has 0 saturated carbocycles. The van der Waals surface area contributed by atoms with Gasteiger partial charge < -0.3 is 26.0 Å². The van der Waals surface area contributed by atoms with Crippen molar-refractivity contribution >= 4 is 11.4 Å². The lowest BCUT2D eigenvalue weighted by molar-refractivity contribution is 0.0703. The van der Waals surface area contributed by atoms with Crippen molar-refractivity contribution in [2.45, 2.75) is 32.0 Å². The Morgan fingerprint density at radius 3 is 2.57 bits per heavy atom. The number of nitrogen functional groups attached to an aromatic ring is 1. The van der Waals surface area contributed by atoms with E-state index in [1.807, 2.05) is 26.0 Å². The van der Waals surface area contributed by atoms with E-state index in [9.17, 15) is 10.2 Å². The molecule has 1 aliphatic rings. The molecule has 1 aliphatic heterocycles. The van der Waals surface area contributed by atoms with Gasteiger partial charge in [0.05, 0.1) is 18.3 Å². The molecular formula is C15H19N3O3. The molecule has 0 amide bonds. The summed E-state index contributed by atoms with van der Waals surface area (Å²) in [5.41, 5.74) is 6.75. The molecule has 6 nitrogen and oxygen atoms in total. The summed E-state index contributed by atoms with van der Waals surface area (Å²) in [6.45, 7) is 4.29. The van der Waals surface area contributed by atoms with Crippen molar-refractivity contribution in [3.63, 3.8) is 0 Å². The smallest absolute Gasteiger partial charge is 0.193 e. The van der Waals surface area contributed by atoms with Crippen molar-refractivity contribution in [2.24, 2.45) is 0 Å². The van der Waals surface area contributed by atoms with E-state index in [0.29, 0.717) is 12.2 Å². The highest BCUT2D eigenvalue weighted by Gasteiger charge is 2.37. The maximum atomic E-state index is 9.79. The molecule has 0 spiro atoms. The number of benzene rings is 1. The van der Waals surface area contributed by atoms with Crippen LogP contribution in [0.3, 0.4) is 0 Å². The van der Waals surface area contributed by atoms with E-state index in [1.54, 1.807) is 6.07 Å².